The fourth-order valence-corrected chi connectivity index (χ4v) is 4.04. The van der Waals surface area contributed by atoms with Crippen LogP contribution in [0.5, 0.6) is 0 Å². The topological polar surface area (TPSA) is 42.0 Å². The van der Waals surface area contributed by atoms with Crippen molar-refractivity contribution in [1.82, 2.24) is 9.80 Å². The molecule has 0 unspecified atom stereocenters. The Morgan fingerprint density at radius 1 is 1.09 bits per heavy atom. The minimum absolute atomic E-state index is 0.147. The van der Waals surface area contributed by atoms with E-state index in [2.05, 4.69) is 4.90 Å². The average Bonchev–Trinajstić information content (AvgIpc) is 2.44. The second kappa shape index (κ2) is 6.00. The number of amides is 1. The molecule has 2 heterocycles. The molecule has 0 aromatic heterocycles. The first-order valence-electron chi connectivity index (χ1n) is 8.67. The molecule has 2 saturated heterocycles. The highest BCUT2D eigenvalue weighted by molar-refractivity contribution is 5.68. The van der Waals surface area contributed by atoms with Crippen molar-refractivity contribution in [3.8, 4) is 0 Å². The van der Waals surface area contributed by atoms with Gasteiger partial charge < -0.3 is 14.4 Å². The van der Waals surface area contributed by atoms with Crippen molar-refractivity contribution in [3.63, 3.8) is 0 Å². The highest BCUT2D eigenvalue weighted by Crippen LogP contribution is 2.51. The third-order valence-electron chi connectivity index (χ3n) is 5.38. The molecule has 0 bridgehead atoms. The van der Waals surface area contributed by atoms with E-state index in [0.717, 1.165) is 58.3 Å². The first kappa shape index (κ1) is 16.1. The molecule has 1 spiro atoms. The number of carbonyl (C=O) groups excluding carboxylic acids is 1. The zero-order valence-corrected chi connectivity index (χ0v) is 14.3. The van der Waals surface area contributed by atoms with Crippen LogP contribution >= 0.6 is 0 Å². The highest BCUT2D eigenvalue weighted by Gasteiger charge is 2.48. The summed E-state index contributed by atoms with van der Waals surface area (Å²) in [4.78, 5) is 16.6. The molecule has 0 N–H and O–H groups in total. The Morgan fingerprint density at radius 3 is 2.23 bits per heavy atom. The monoisotopic (exact) mass is 310 g/mol. The van der Waals surface area contributed by atoms with Gasteiger partial charge in [0, 0.05) is 32.2 Å². The Morgan fingerprint density at radius 2 is 1.68 bits per heavy atom. The summed E-state index contributed by atoms with van der Waals surface area (Å²) in [5, 5.41) is 0. The van der Waals surface area contributed by atoms with E-state index in [1.165, 1.54) is 12.8 Å². The number of hydrogen-bond acceptors (Lipinski definition) is 4. The van der Waals surface area contributed by atoms with Gasteiger partial charge in [0.15, 0.2) is 0 Å². The quantitative estimate of drug-likeness (QED) is 0.746. The predicted octanol–water partition coefficient (Wildman–Crippen LogP) is 2.50. The smallest absolute Gasteiger partial charge is 0.410 e. The van der Waals surface area contributed by atoms with Crippen molar-refractivity contribution in [1.29, 1.82) is 0 Å². The molecule has 3 aliphatic rings. The van der Waals surface area contributed by atoms with Gasteiger partial charge in [-0.3, -0.25) is 4.90 Å². The van der Waals surface area contributed by atoms with Gasteiger partial charge in [0.25, 0.3) is 0 Å². The van der Waals surface area contributed by atoms with E-state index < -0.39 is 5.60 Å². The molecule has 3 rings (SSSR count). The van der Waals surface area contributed by atoms with Crippen LogP contribution in [0.3, 0.4) is 0 Å². The second-order valence-electron chi connectivity index (χ2n) is 8.18. The van der Waals surface area contributed by atoms with Gasteiger partial charge in [0.2, 0.25) is 0 Å². The molecular weight excluding hydrogens is 280 g/mol. The molecule has 5 nitrogen and oxygen atoms in total. The molecule has 0 radical (unpaired) electrons. The lowest BCUT2D eigenvalue weighted by atomic mass is 9.60. The molecule has 3 fully saturated rings. The summed E-state index contributed by atoms with van der Waals surface area (Å²) in [6, 6.07) is 0.747. The fourth-order valence-electron chi connectivity index (χ4n) is 4.04. The van der Waals surface area contributed by atoms with Crippen molar-refractivity contribution in [3.05, 3.63) is 0 Å². The normalized spacial score (nSPS) is 26.8. The number of likely N-dealkylation sites (tertiary alicyclic amines) is 1. The van der Waals surface area contributed by atoms with Crippen molar-refractivity contribution in [2.24, 2.45) is 5.41 Å². The maximum absolute atomic E-state index is 12.1. The number of piperidine rings is 1. The number of hydrogen-bond donors (Lipinski definition) is 0. The van der Waals surface area contributed by atoms with Crippen LogP contribution < -0.4 is 0 Å². The summed E-state index contributed by atoms with van der Waals surface area (Å²) < 4.78 is 10.9. The molecule has 0 aromatic rings. The average molecular weight is 310 g/mol. The van der Waals surface area contributed by atoms with E-state index in [-0.39, 0.29) is 6.09 Å². The SMILES string of the molecule is CC(C)(C)OC(=O)N1CCC2(CC1)CC(N1CCOCC1)C2. The lowest BCUT2D eigenvalue weighted by Gasteiger charge is -2.55. The number of nitrogens with zero attached hydrogens (tertiary/aromatic N) is 2. The Balaban J connectivity index is 1.44. The predicted molar refractivity (Wildman–Crippen MR) is 84.9 cm³/mol. The molecule has 126 valence electrons. The molecule has 1 saturated carbocycles. The Kier molecular flexibility index (Phi) is 4.38. The van der Waals surface area contributed by atoms with Gasteiger partial charge in [-0.15, -0.1) is 0 Å². The third kappa shape index (κ3) is 3.57. The minimum Gasteiger partial charge on any atom is -0.444 e. The lowest BCUT2D eigenvalue weighted by molar-refractivity contribution is -0.0742. The van der Waals surface area contributed by atoms with E-state index in [4.69, 9.17) is 9.47 Å². The minimum atomic E-state index is -0.399. The molecular formula is C17H30N2O3. The van der Waals surface area contributed by atoms with Gasteiger partial charge in [-0.25, -0.2) is 4.79 Å². The Labute approximate surface area is 133 Å². The second-order valence-corrected chi connectivity index (χ2v) is 8.18. The number of ether oxygens (including phenoxy) is 2. The number of carbonyl (C=O) groups is 1. The summed E-state index contributed by atoms with van der Waals surface area (Å²) in [5.41, 5.74) is 0.0889. The molecule has 5 heteroatoms. The van der Waals surface area contributed by atoms with Crippen molar-refractivity contribution in [2.45, 2.75) is 58.1 Å². The fraction of sp³-hybridized carbons (Fsp3) is 0.941. The Hall–Kier alpha value is -0.810. The van der Waals surface area contributed by atoms with Gasteiger partial charge in [-0.1, -0.05) is 0 Å². The van der Waals surface area contributed by atoms with E-state index >= 15 is 0 Å². The van der Waals surface area contributed by atoms with E-state index in [9.17, 15) is 4.79 Å². The number of rotatable bonds is 1. The van der Waals surface area contributed by atoms with Gasteiger partial charge in [0.05, 0.1) is 13.2 Å². The zero-order chi connectivity index (χ0) is 15.8. The molecule has 2 aliphatic heterocycles. The zero-order valence-electron chi connectivity index (χ0n) is 14.3. The van der Waals surface area contributed by atoms with E-state index in [1.807, 2.05) is 25.7 Å². The maximum Gasteiger partial charge on any atom is 0.410 e. The molecule has 1 aliphatic carbocycles. The molecule has 0 aromatic carbocycles. The van der Waals surface area contributed by atoms with Crippen LogP contribution in [-0.4, -0.2) is 66.9 Å². The maximum atomic E-state index is 12.1. The van der Waals surface area contributed by atoms with Gasteiger partial charge in [0.1, 0.15) is 5.60 Å². The van der Waals surface area contributed by atoms with Crippen molar-refractivity contribution >= 4 is 6.09 Å². The lowest BCUT2D eigenvalue weighted by Crippen LogP contribution is -2.57. The Bertz CT molecular complexity index is 397. The molecule has 1 amide bonds. The summed E-state index contributed by atoms with van der Waals surface area (Å²) >= 11 is 0. The summed E-state index contributed by atoms with van der Waals surface area (Å²) in [5.74, 6) is 0. The number of morpholine rings is 1. The first-order chi connectivity index (χ1) is 10.4. The van der Waals surface area contributed by atoms with E-state index in [0.29, 0.717) is 5.41 Å². The van der Waals surface area contributed by atoms with Crippen LogP contribution in [0.2, 0.25) is 0 Å². The highest BCUT2D eigenvalue weighted by atomic mass is 16.6. The van der Waals surface area contributed by atoms with Gasteiger partial charge >= 0.3 is 6.09 Å². The summed E-state index contributed by atoms with van der Waals surface area (Å²) in [6.45, 7) is 11.4. The van der Waals surface area contributed by atoms with Crippen molar-refractivity contribution < 1.29 is 14.3 Å². The standard InChI is InChI=1S/C17H30N2O3/c1-16(2,3)22-15(20)19-6-4-17(5-7-19)12-14(13-17)18-8-10-21-11-9-18/h14H,4-13H2,1-3H3. The molecule has 22 heavy (non-hydrogen) atoms. The van der Waals surface area contributed by atoms with Crippen LogP contribution in [0.25, 0.3) is 0 Å². The van der Waals surface area contributed by atoms with Crippen molar-refractivity contribution in [2.75, 3.05) is 39.4 Å². The first-order valence-corrected chi connectivity index (χ1v) is 8.67. The van der Waals surface area contributed by atoms with E-state index in [1.54, 1.807) is 0 Å². The van der Waals surface area contributed by atoms with Crippen LogP contribution in [0.15, 0.2) is 0 Å². The van der Waals surface area contributed by atoms with Crippen LogP contribution in [0.1, 0.15) is 46.5 Å². The largest absolute Gasteiger partial charge is 0.444 e. The van der Waals surface area contributed by atoms with Crippen LogP contribution in [-0.2, 0) is 9.47 Å². The summed E-state index contributed by atoms with van der Waals surface area (Å²) in [7, 11) is 0. The van der Waals surface area contributed by atoms with Gasteiger partial charge in [-0.05, 0) is 51.9 Å². The van der Waals surface area contributed by atoms with Crippen LogP contribution in [0.4, 0.5) is 4.79 Å². The van der Waals surface area contributed by atoms with Gasteiger partial charge in [-0.2, -0.15) is 0 Å². The van der Waals surface area contributed by atoms with Crippen LogP contribution in [0, 0.1) is 5.41 Å². The third-order valence-corrected chi connectivity index (χ3v) is 5.38. The molecule has 0 atom stereocenters. The summed E-state index contributed by atoms with van der Waals surface area (Å²) in [6.07, 6.45) is 4.72.